The average Bonchev–Trinajstić information content (AvgIpc) is 2.75. The molecule has 5 nitrogen and oxygen atoms in total. The van der Waals surface area contributed by atoms with Crippen molar-refractivity contribution in [2.75, 3.05) is 24.7 Å². The summed E-state index contributed by atoms with van der Waals surface area (Å²) in [5, 5.41) is 11.4. The first-order chi connectivity index (χ1) is 8.72. The van der Waals surface area contributed by atoms with Crippen LogP contribution in [0.15, 0.2) is 18.3 Å². The summed E-state index contributed by atoms with van der Waals surface area (Å²) in [6, 6.07) is 3.93. The maximum atomic E-state index is 6.03. The standard InChI is InChI=1S/C13H18N4O/c1-18-13(3-2-4-13)8-15-12-6-11-9(5-10(12)14)7-16-17-11/h5-7,15H,2-4,8,14H2,1H3,(H,16,17). The van der Waals surface area contributed by atoms with Gasteiger partial charge in [0.1, 0.15) is 0 Å². The predicted molar refractivity (Wildman–Crippen MR) is 72.6 cm³/mol. The van der Waals surface area contributed by atoms with Gasteiger partial charge in [-0.05, 0) is 31.4 Å². The Morgan fingerprint density at radius 1 is 1.50 bits per heavy atom. The Kier molecular flexibility index (Phi) is 2.63. The maximum absolute atomic E-state index is 6.03. The number of nitrogens with zero attached hydrogens (tertiary/aromatic N) is 1. The van der Waals surface area contributed by atoms with Crippen LogP contribution in [0.2, 0.25) is 0 Å². The quantitative estimate of drug-likeness (QED) is 0.722. The number of fused-ring (bicyclic) bond motifs is 1. The van der Waals surface area contributed by atoms with Gasteiger partial charge in [0.05, 0.1) is 28.7 Å². The van der Waals surface area contributed by atoms with Gasteiger partial charge in [0, 0.05) is 19.0 Å². The summed E-state index contributed by atoms with van der Waals surface area (Å²) < 4.78 is 5.58. The van der Waals surface area contributed by atoms with E-state index in [0.717, 1.165) is 41.7 Å². The molecule has 1 saturated carbocycles. The molecule has 18 heavy (non-hydrogen) atoms. The van der Waals surface area contributed by atoms with Crippen LogP contribution in [-0.4, -0.2) is 29.5 Å². The fourth-order valence-electron chi connectivity index (χ4n) is 2.44. The first kappa shape index (κ1) is 11.3. The monoisotopic (exact) mass is 246 g/mol. The third-order valence-electron chi connectivity index (χ3n) is 3.91. The lowest BCUT2D eigenvalue weighted by molar-refractivity contribution is -0.0601. The number of nitrogens with two attached hydrogens (primary N) is 1. The van der Waals surface area contributed by atoms with Crippen molar-refractivity contribution >= 4 is 22.3 Å². The van der Waals surface area contributed by atoms with Crippen LogP contribution in [0.4, 0.5) is 11.4 Å². The second-order valence-electron chi connectivity index (χ2n) is 4.99. The number of hydrogen-bond donors (Lipinski definition) is 3. The number of hydrogen-bond acceptors (Lipinski definition) is 4. The summed E-state index contributed by atoms with van der Waals surface area (Å²) in [5.41, 5.74) is 8.70. The fourth-order valence-corrected chi connectivity index (χ4v) is 2.44. The van der Waals surface area contributed by atoms with Gasteiger partial charge in [-0.25, -0.2) is 0 Å². The number of aromatic nitrogens is 2. The third kappa shape index (κ3) is 1.80. The molecular weight excluding hydrogens is 228 g/mol. The summed E-state index contributed by atoms with van der Waals surface area (Å²) in [6.07, 6.45) is 5.24. The number of nitrogens with one attached hydrogen (secondary N) is 2. The van der Waals surface area contributed by atoms with Gasteiger partial charge in [0.2, 0.25) is 0 Å². The smallest absolute Gasteiger partial charge is 0.0850 e. The molecular formula is C13H18N4O. The van der Waals surface area contributed by atoms with Crippen LogP contribution in [0.3, 0.4) is 0 Å². The highest BCUT2D eigenvalue weighted by molar-refractivity contribution is 5.88. The molecule has 0 spiro atoms. The van der Waals surface area contributed by atoms with Crippen molar-refractivity contribution in [1.29, 1.82) is 0 Å². The van der Waals surface area contributed by atoms with E-state index in [1.165, 1.54) is 6.42 Å². The number of benzene rings is 1. The summed E-state index contributed by atoms with van der Waals surface area (Å²) >= 11 is 0. The molecule has 0 radical (unpaired) electrons. The van der Waals surface area contributed by atoms with Gasteiger partial charge in [0.15, 0.2) is 0 Å². The zero-order chi connectivity index (χ0) is 12.6. The van der Waals surface area contributed by atoms with E-state index in [1.807, 2.05) is 12.1 Å². The lowest BCUT2D eigenvalue weighted by atomic mass is 9.80. The minimum atomic E-state index is -0.00458. The van der Waals surface area contributed by atoms with Gasteiger partial charge >= 0.3 is 0 Å². The summed E-state index contributed by atoms with van der Waals surface area (Å²) in [5.74, 6) is 0. The molecule has 5 heteroatoms. The van der Waals surface area contributed by atoms with Crippen LogP contribution >= 0.6 is 0 Å². The number of methoxy groups -OCH3 is 1. The van der Waals surface area contributed by atoms with E-state index < -0.39 is 0 Å². The lowest BCUT2D eigenvalue weighted by Gasteiger charge is -2.40. The number of aromatic amines is 1. The largest absolute Gasteiger partial charge is 0.397 e. The van der Waals surface area contributed by atoms with Crippen LogP contribution in [-0.2, 0) is 4.74 Å². The van der Waals surface area contributed by atoms with Crippen LogP contribution in [0.25, 0.3) is 10.9 Å². The molecule has 1 fully saturated rings. The second kappa shape index (κ2) is 4.17. The van der Waals surface area contributed by atoms with E-state index in [9.17, 15) is 0 Å². The molecule has 1 heterocycles. The van der Waals surface area contributed by atoms with Crippen LogP contribution < -0.4 is 11.1 Å². The van der Waals surface area contributed by atoms with E-state index in [-0.39, 0.29) is 5.60 Å². The normalized spacial score (nSPS) is 17.6. The highest BCUT2D eigenvalue weighted by atomic mass is 16.5. The molecule has 1 aliphatic rings. The summed E-state index contributed by atoms with van der Waals surface area (Å²) in [7, 11) is 1.78. The van der Waals surface area contributed by atoms with Crippen LogP contribution in [0.1, 0.15) is 19.3 Å². The van der Waals surface area contributed by atoms with Gasteiger partial charge < -0.3 is 15.8 Å². The highest BCUT2D eigenvalue weighted by Crippen LogP contribution is 2.35. The van der Waals surface area contributed by atoms with Crippen molar-refractivity contribution < 1.29 is 4.74 Å². The summed E-state index contributed by atoms with van der Waals surface area (Å²) in [6.45, 7) is 0.799. The molecule has 1 aromatic carbocycles. The number of H-pyrrole nitrogens is 1. The molecule has 0 bridgehead atoms. The lowest BCUT2D eigenvalue weighted by Crippen LogP contribution is -2.45. The molecule has 0 unspecified atom stereocenters. The molecule has 96 valence electrons. The first-order valence-electron chi connectivity index (χ1n) is 6.24. The molecule has 3 rings (SSSR count). The highest BCUT2D eigenvalue weighted by Gasteiger charge is 2.36. The number of nitrogen functional groups attached to an aromatic ring is 1. The number of anilines is 2. The zero-order valence-electron chi connectivity index (χ0n) is 10.5. The first-order valence-corrected chi connectivity index (χ1v) is 6.24. The van der Waals surface area contributed by atoms with Crippen LogP contribution in [0, 0.1) is 0 Å². The Hall–Kier alpha value is -1.75. The van der Waals surface area contributed by atoms with Crippen molar-refractivity contribution in [3.05, 3.63) is 18.3 Å². The molecule has 0 atom stereocenters. The second-order valence-corrected chi connectivity index (χ2v) is 4.99. The van der Waals surface area contributed by atoms with E-state index >= 15 is 0 Å². The van der Waals surface area contributed by atoms with Gasteiger partial charge in [0.25, 0.3) is 0 Å². The van der Waals surface area contributed by atoms with Gasteiger partial charge in [-0.15, -0.1) is 0 Å². The Morgan fingerprint density at radius 3 is 3.00 bits per heavy atom. The molecule has 1 aliphatic carbocycles. The van der Waals surface area contributed by atoms with Crippen molar-refractivity contribution in [3.63, 3.8) is 0 Å². The SMILES string of the molecule is COC1(CNc2cc3[nH]ncc3cc2N)CCC1. The van der Waals surface area contributed by atoms with Crippen LogP contribution in [0.5, 0.6) is 0 Å². The maximum Gasteiger partial charge on any atom is 0.0850 e. The Balaban J connectivity index is 1.79. The average molecular weight is 246 g/mol. The van der Waals surface area contributed by atoms with E-state index in [4.69, 9.17) is 10.5 Å². The molecule has 1 aromatic heterocycles. The van der Waals surface area contributed by atoms with E-state index in [1.54, 1.807) is 13.3 Å². The summed E-state index contributed by atoms with van der Waals surface area (Å²) in [4.78, 5) is 0. The molecule has 0 amide bonds. The van der Waals surface area contributed by atoms with Crippen molar-refractivity contribution in [2.45, 2.75) is 24.9 Å². The number of ether oxygens (including phenoxy) is 1. The van der Waals surface area contributed by atoms with Crippen molar-refractivity contribution in [1.82, 2.24) is 10.2 Å². The number of rotatable bonds is 4. The van der Waals surface area contributed by atoms with Gasteiger partial charge in [-0.3, -0.25) is 5.10 Å². The fraction of sp³-hybridized carbons (Fsp3) is 0.462. The van der Waals surface area contributed by atoms with Gasteiger partial charge in [-0.1, -0.05) is 0 Å². The Bertz CT molecular complexity index is 554. The zero-order valence-corrected chi connectivity index (χ0v) is 10.5. The minimum Gasteiger partial charge on any atom is -0.397 e. The van der Waals surface area contributed by atoms with E-state index in [0.29, 0.717) is 0 Å². The van der Waals surface area contributed by atoms with E-state index in [2.05, 4.69) is 15.5 Å². The third-order valence-corrected chi connectivity index (χ3v) is 3.91. The van der Waals surface area contributed by atoms with Gasteiger partial charge in [-0.2, -0.15) is 5.10 Å². The van der Waals surface area contributed by atoms with Crippen molar-refractivity contribution in [2.24, 2.45) is 0 Å². The molecule has 0 saturated heterocycles. The topological polar surface area (TPSA) is 76.0 Å². The Morgan fingerprint density at radius 2 is 2.33 bits per heavy atom. The van der Waals surface area contributed by atoms with Crippen molar-refractivity contribution in [3.8, 4) is 0 Å². The Labute approximate surface area is 106 Å². The predicted octanol–water partition coefficient (Wildman–Crippen LogP) is 2.13. The molecule has 0 aliphatic heterocycles. The molecule has 4 N–H and O–H groups in total. The molecule has 2 aromatic rings. The minimum absolute atomic E-state index is 0.00458.